The van der Waals surface area contributed by atoms with E-state index in [4.69, 9.17) is 11.6 Å². The van der Waals surface area contributed by atoms with Gasteiger partial charge in [-0.15, -0.1) is 0 Å². The summed E-state index contributed by atoms with van der Waals surface area (Å²) >= 11 is 6.16. The van der Waals surface area contributed by atoms with E-state index in [0.29, 0.717) is 0 Å². The van der Waals surface area contributed by atoms with Crippen LogP contribution in [0.2, 0.25) is 5.02 Å². The molecule has 1 fully saturated rings. The normalized spacial score (nSPS) is 24.9. The van der Waals surface area contributed by atoms with Crippen LogP contribution in [0.4, 0.5) is 0 Å². The fourth-order valence-corrected chi connectivity index (χ4v) is 3.03. The summed E-state index contributed by atoms with van der Waals surface area (Å²) in [6, 6.07) is 8.93. The average molecular weight is 238 g/mol. The number of hydrogen-bond donors (Lipinski definition) is 1. The Hall–Kier alpha value is -0.530. The van der Waals surface area contributed by atoms with Crippen LogP contribution in [0.15, 0.2) is 24.3 Å². The molecule has 0 bridgehead atoms. The van der Waals surface area contributed by atoms with E-state index in [1.807, 2.05) is 12.1 Å². The van der Waals surface area contributed by atoms with Crippen LogP contribution in [0.3, 0.4) is 0 Å². The van der Waals surface area contributed by atoms with E-state index >= 15 is 0 Å². The lowest BCUT2D eigenvalue weighted by atomic mass is 9.95. The summed E-state index contributed by atoms with van der Waals surface area (Å²) < 4.78 is 0. The number of nitrogens with one attached hydrogen (secondary N) is 1. The molecule has 1 nitrogen and oxygen atoms in total. The number of rotatable bonds is 4. The molecule has 1 aliphatic carbocycles. The van der Waals surface area contributed by atoms with E-state index in [1.165, 1.54) is 31.2 Å². The highest BCUT2D eigenvalue weighted by atomic mass is 35.5. The van der Waals surface area contributed by atoms with Crippen LogP contribution in [0, 0.1) is 5.92 Å². The van der Waals surface area contributed by atoms with Crippen molar-refractivity contribution in [1.82, 2.24) is 5.32 Å². The van der Waals surface area contributed by atoms with E-state index in [9.17, 15) is 0 Å². The van der Waals surface area contributed by atoms with Crippen molar-refractivity contribution in [3.63, 3.8) is 0 Å². The van der Waals surface area contributed by atoms with Gasteiger partial charge in [0.15, 0.2) is 0 Å². The molecule has 1 saturated carbocycles. The van der Waals surface area contributed by atoms with Crippen molar-refractivity contribution in [3.05, 3.63) is 34.9 Å². The molecule has 1 aromatic carbocycles. The summed E-state index contributed by atoms with van der Waals surface area (Å²) in [6.45, 7) is 0. The molecule has 2 unspecified atom stereocenters. The highest BCUT2D eigenvalue weighted by Crippen LogP contribution is 2.30. The van der Waals surface area contributed by atoms with Gasteiger partial charge in [0.2, 0.25) is 0 Å². The zero-order chi connectivity index (χ0) is 11.4. The molecule has 0 aromatic heterocycles. The number of benzene rings is 1. The molecule has 88 valence electrons. The maximum atomic E-state index is 6.16. The Morgan fingerprint density at radius 2 is 2.12 bits per heavy atom. The van der Waals surface area contributed by atoms with Gasteiger partial charge in [0.25, 0.3) is 0 Å². The monoisotopic (exact) mass is 237 g/mol. The fraction of sp³-hybridized carbons (Fsp3) is 0.571. The van der Waals surface area contributed by atoms with Crippen molar-refractivity contribution in [2.75, 3.05) is 7.05 Å². The second kappa shape index (κ2) is 5.70. The lowest BCUT2D eigenvalue weighted by Gasteiger charge is -2.18. The first-order chi connectivity index (χ1) is 7.81. The summed E-state index contributed by atoms with van der Waals surface area (Å²) in [6.07, 6.45) is 6.45. The first-order valence-corrected chi connectivity index (χ1v) is 6.59. The first kappa shape index (κ1) is 11.9. The Bertz CT molecular complexity index is 337. The van der Waals surface area contributed by atoms with Crippen molar-refractivity contribution in [3.8, 4) is 0 Å². The van der Waals surface area contributed by atoms with E-state index in [0.717, 1.165) is 23.4 Å². The average Bonchev–Trinajstić information content (AvgIpc) is 2.75. The molecule has 1 aliphatic rings. The minimum Gasteiger partial charge on any atom is -0.317 e. The van der Waals surface area contributed by atoms with Crippen molar-refractivity contribution in [2.45, 2.75) is 38.1 Å². The zero-order valence-corrected chi connectivity index (χ0v) is 10.6. The van der Waals surface area contributed by atoms with Gasteiger partial charge in [-0.1, -0.05) is 36.2 Å². The Morgan fingerprint density at radius 1 is 1.31 bits per heavy atom. The summed E-state index contributed by atoms with van der Waals surface area (Å²) in [5, 5.41) is 4.35. The minimum absolute atomic E-state index is 0.725. The minimum atomic E-state index is 0.725. The second-order valence-corrected chi connectivity index (χ2v) is 5.12. The Morgan fingerprint density at radius 3 is 2.88 bits per heavy atom. The number of hydrogen-bond acceptors (Lipinski definition) is 1. The molecule has 2 heteroatoms. The third-order valence-electron chi connectivity index (χ3n) is 3.77. The van der Waals surface area contributed by atoms with Crippen LogP contribution in [-0.4, -0.2) is 13.1 Å². The van der Waals surface area contributed by atoms with Gasteiger partial charge >= 0.3 is 0 Å². The molecule has 0 radical (unpaired) electrons. The third-order valence-corrected chi connectivity index (χ3v) is 4.14. The van der Waals surface area contributed by atoms with Crippen molar-refractivity contribution in [2.24, 2.45) is 5.92 Å². The Labute approximate surface area is 103 Å². The van der Waals surface area contributed by atoms with Crippen molar-refractivity contribution >= 4 is 11.6 Å². The smallest absolute Gasteiger partial charge is 0.0437 e. The molecule has 2 rings (SSSR count). The molecular formula is C14H20ClN. The van der Waals surface area contributed by atoms with Gasteiger partial charge in [-0.3, -0.25) is 0 Å². The van der Waals surface area contributed by atoms with Crippen molar-refractivity contribution in [1.29, 1.82) is 0 Å². The first-order valence-electron chi connectivity index (χ1n) is 6.22. The van der Waals surface area contributed by atoms with E-state index in [2.05, 4.69) is 24.5 Å². The molecular weight excluding hydrogens is 218 g/mol. The molecule has 0 spiro atoms. The predicted molar refractivity (Wildman–Crippen MR) is 70.0 cm³/mol. The fourth-order valence-electron chi connectivity index (χ4n) is 2.80. The highest BCUT2D eigenvalue weighted by molar-refractivity contribution is 6.31. The van der Waals surface area contributed by atoms with Gasteiger partial charge in [-0.25, -0.2) is 0 Å². The molecule has 0 amide bonds. The van der Waals surface area contributed by atoms with Gasteiger partial charge in [0.05, 0.1) is 0 Å². The van der Waals surface area contributed by atoms with Gasteiger partial charge in [0.1, 0.15) is 0 Å². The number of aryl methyl sites for hydroxylation is 1. The quantitative estimate of drug-likeness (QED) is 0.843. The number of halogens is 1. The van der Waals surface area contributed by atoms with Gasteiger partial charge in [-0.05, 0) is 50.3 Å². The van der Waals surface area contributed by atoms with Gasteiger partial charge < -0.3 is 5.32 Å². The standard InChI is InChI=1S/C14H20ClN/c1-16-14-8-4-6-12(14)10-9-11-5-2-3-7-13(11)15/h2-3,5,7,12,14,16H,4,6,8-10H2,1H3. The predicted octanol–water partition coefficient (Wildman–Crippen LogP) is 3.66. The maximum absolute atomic E-state index is 6.16. The lowest BCUT2D eigenvalue weighted by molar-refractivity contribution is 0.400. The third kappa shape index (κ3) is 2.78. The zero-order valence-electron chi connectivity index (χ0n) is 9.88. The summed E-state index contributed by atoms with van der Waals surface area (Å²) in [5.41, 5.74) is 1.30. The van der Waals surface area contributed by atoms with E-state index in [-0.39, 0.29) is 0 Å². The lowest BCUT2D eigenvalue weighted by Crippen LogP contribution is -2.29. The maximum Gasteiger partial charge on any atom is 0.0437 e. The Kier molecular flexibility index (Phi) is 4.25. The molecule has 1 N–H and O–H groups in total. The summed E-state index contributed by atoms with van der Waals surface area (Å²) in [7, 11) is 2.08. The van der Waals surface area contributed by atoms with Crippen LogP contribution in [0.1, 0.15) is 31.2 Å². The van der Waals surface area contributed by atoms with E-state index < -0.39 is 0 Å². The van der Waals surface area contributed by atoms with Crippen LogP contribution in [0.5, 0.6) is 0 Å². The molecule has 0 saturated heterocycles. The second-order valence-electron chi connectivity index (χ2n) is 4.72. The molecule has 0 heterocycles. The van der Waals surface area contributed by atoms with Crippen LogP contribution >= 0.6 is 11.6 Å². The summed E-state index contributed by atoms with van der Waals surface area (Å²) in [5.74, 6) is 0.835. The van der Waals surface area contributed by atoms with Gasteiger partial charge in [0, 0.05) is 11.1 Å². The topological polar surface area (TPSA) is 12.0 Å². The molecule has 0 aliphatic heterocycles. The SMILES string of the molecule is CNC1CCCC1CCc1ccccc1Cl. The Balaban J connectivity index is 1.90. The van der Waals surface area contributed by atoms with Crippen molar-refractivity contribution < 1.29 is 0 Å². The van der Waals surface area contributed by atoms with Crippen LogP contribution < -0.4 is 5.32 Å². The van der Waals surface area contributed by atoms with Gasteiger partial charge in [-0.2, -0.15) is 0 Å². The molecule has 2 atom stereocenters. The van der Waals surface area contributed by atoms with Crippen LogP contribution in [-0.2, 0) is 6.42 Å². The van der Waals surface area contributed by atoms with E-state index in [1.54, 1.807) is 0 Å². The van der Waals surface area contributed by atoms with Crippen LogP contribution in [0.25, 0.3) is 0 Å². The molecule has 16 heavy (non-hydrogen) atoms. The summed E-state index contributed by atoms with van der Waals surface area (Å²) in [4.78, 5) is 0. The largest absolute Gasteiger partial charge is 0.317 e. The molecule has 1 aromatic rings. The highest BCUT2D eigenvalue weighted by Gasteiger charge is 2.25.